The van der Waals surface area contributed by atoms with Crippen molar-refractivity contribution in [3.63, 3.8) is 0 Å². The monoisotopic (exact) mass is 480 g/mol. The van der Waals surface area contributed by atoms with Crippen LogP contribution in [0.3, 0.4) is 0 Å². The Bertz CT molecular complexity index is 1180. The summed E-state index contributed by atoms with van der Waals surface area (Å²) in [4.78, 5) is 29.0. The normalized spacial score (nSPS) is 18.2. The highest BCUT2D eigenvalue weighted by Crippen LogP contribution is 2.32. The molecule has 1 aliphatic carbocycles. The van der Waals surface area contributed by atoms with Crippen LogP contribution in [-0.2, 0) is 10.5 Å². The second kappa shape index (κ2) is 9.58. The quantitative estimate of drug-likeness (QED) is 0.491. The minimum Gasteiger partial charge on any atom is -0.455 e. The second-order valence-corrected chi connectivity index (χ2v) is 9.72. The Morgan fingerprint density at radius 1 is 1.06 bits per heavy atom. The average molecular weight is 481 g/mol. The Hall–Kier alpha value is -3.20. The smallest absolute Gasteiger partial charge is 0.289 e. The highest BCUT2D eigenvalue weighted by atomic mass is 32.2. The van der Waals surface area contributed by atoms with Crippen LogP contribution in [0.5, 0.6) is 0 Å². The lowest BCUT2D eigenvalue weighted by Gasteiger charge is -2.39. The van der Waals surface area contributed by atoms with E-state index in [0.717, 1.165) is 23.4 Å². The molecule has 176 valence electrons. The van der Waals surface area contributed by atoms with E-state index in [9.17, 15) is 14.0 Å². The van der Waals surface area contributed by atoms with Crippen LogP contribution in [0, 0.1) is 11.7 Å². The van der Waals surface area contributed by atoms with E-state index in [0.29, 0.717) is 42.6 Å². The van der Waals surface area contributed by atoms with Gasteiger partial charge in [-0.3, -0.25) is 9.59 Å². The molecule has 0 spiro atoms. The molecule has 1 aliphatic heterocycles. The summed E-state index contributed by atoms with van der Waals surface area (Å²) in [5.74, 6) is 1.48. The number of hydrogen-bond acceptors (Lipinski definition) is 6. The molecule has 0 N–H and O–H groups in total. The molecule has 1 saturated heterocycles. The number of thioether (sulfide) groups is 1. The zero-order valence-corrected chi connectivity index (χ0v) is 19.6. The molecule has 2 aliphatic rings. The van der Waals surface area contributed by atoms with Crippen molar-refractivity contribution in [2.75, 3.05) is 19.6 Å². The molecule has 34 heavy (non-hydrogen) atoms. The van der Waals surface area contributed by atoms with Gasteiger partial charge in [-0.15, -0.1) is 10.2 Å². The van der Waals surface area contributed by atoms with E-state index in [1.54, 1.807) is 29.2 Å². The van der Waals surface area contributed by atoms with Gasteiger partial charge in [0, 0.05) is 37.2 Å². The Labute approximate surface area is 201 Å². The average Bonchev–Trinajstić information content (AvgIpc) is 3.60. The summed E-state index contributed by atoms with van der Waals surface area (Å²) in [5.41, 5.74) is 1.47. The highest BCUT2D eigenvalue weighted by molar-refractivity contribution is 7.98. The summed E-state index contributed by atoms with van der Waals surface area (Å²) in [6, 6.07) is 13.3. The fraction of sp³-hybridized carbons (Fsp3) is 0.360. The maximum absolute atomic E-state index is 13.1. The number of rotatable bonds is 6. The lowest BCUT2D eigenvalue weighted by atomic mass is 10.1. The van der Waals surface area contributed by atoms with Crippen molar-refractivity contribution in [2.24, 2.45) is 5.92 Å². The first-order valence-electron chi connectivity index (χ1n) is 11.4. The van der Waals surface area contributed by atoms with E-state index in [2.05, 4.69) is 10.2 Å². The third kappa shape index (κ3) is 4.99. The third-order valence-corrected chi connectivity index (χ3v) is 7.08. The van der Waals surface area contributed by atoms with Gasteiger partial charge >= 0.3 is 0 Å². The van der Waals surface area contributed by atoms with E-state index in [4.69, 9.17) is 4.42 Å². The molecule has 1 unspecified atom stereocenters. The van der Waals surface area contributed by atoms with Crippen LogP contribution >= 0.6 is 11.8 Å². The van der Waals surface area contributed by atoms with E-state index in [1.165, 1.54) is 23.9 Å². The van der Waals surface area contributed by atoms with Gasteiger partial charge in [-0.1, -0.05) is 11.8 Å². The number of amides is 2. The Balaban J connectivity index is 1.15. The summed E-state index contributed by atoms with van der Waals surface area (Å²) in [6.07, 6.45) is 1.98. The van der Waals surface area contributed by atoms with Crippen molar-refractivity contribution in [3.8, 4) is 11.3 Å². The minimum atomic E-state index is -0.291. The number of hydrogen-bond donors (Lipinski definition) is 0. The third-order valence-electron chi connectivity index (χ3n) is 6.14. The largest absolute Gasteiger partial charge is 0.455 e. The summed E-state index contributed by atoms with van der Waals surface area (Å²) in [7, 11) is 0. The molecule has 5 rings (SSSR count). The number of piperazine rings is 1. The van der Waals surface area contributed by atoms with Gasteiger partial charge in [-0.05, 0) is 68.3 Å². The molecule has 0 radical (unpaired) electrons. The molecular weight excluding hydrogens is 455 g/mol. The van der Waals surface area contributed by atoms with Crippen LogP contribution in [0.1, 0.15) is 36.1 Å². The number of benzene rings is 1. The van der Waals surface area contributed by atoms with Gasteiger partial charge in [0.1, 0.15) is 16.6 Å². The number of furan rings is 1. The number of halogens is 1. The van der Waals surface area contributed by atoms with Crippen LogP contribution in [0.25, 0.3) is 11.3 Å². The molecule has 0 bridgehead atoms. The zero-order valence-electron chi connectivity index (χ0n) is 18.8. The van der Waals surface area contributed by atoms with Crippen molar-refractivity contribution >= 4 is 23.6 Å². The molecule has 3 heterocycles. The van der Waals surface area contributed by atoms with Gasteiger partial charge in [-0.2, -0.15) is 0 Å². The molecule has 2 aromatic heterocycles. The van der Waals surface area contributed by atoms with E-state index in [1.807, 2.05) is 24.0 Å². The van der Waals surface area contributed by atoms with Crippen LogP contribution < -0.4 is 0 Å². The maximum atomic E-state index is 13.1. The van der Waals surface area contributed by atoms with Gasteiger partial charge < -0.3 is 14.2 Å². The SMILES string of the molecule is CC1CN(C(=O)c2ccc(CSc3ccc(-c4ccc(F)cc4)nn3)o2)CCN1C(=O)C1CC1. The molecule has 2 fully saturated rings. The van der Waals surface area contributed by atoms with Gasteiger partial charge in [0.2, 0.25) is 5.91 Å². The number of carbonyl (C=O) groups excluding carboxylic acids is 2. The Morgan fingerprint density at radius 3 is 2.53 bits per heavy atom. The first-order valence-corrected chi connectivity index (χ1v) is 12.4. The van der Waals surface area contributed by atoms with Gasteiger partial charge in [0.25, 0.3) is 5.91 Å². The summed E-state index contributed by atoms with van der Waals surface area (Å²) < 4.78 is 18.9. The highest BCUT2D eigenvalue weighted by Gasteiger charge is 2.38. The molecule has 1 aromatic carbocycles. The van der Waals surface area contributed by atoms with Crippen LogP contribution in [0.4, 0.5) is 4.39 Å². The van der Waals surface area contributed by atoms with Crippen LogP contribution in [0.15, 0.2) is 58.0 Å². The minimum absolute atomic E-state index is 0.00671. The molecule has 7 nitrogen and oxygen atoms in total. The maximum Gasteiger partial charge on any atom is 0.289 e. The van der Waals surface area contributed by atoms with E-state index < -0.39 is 0 Å². The summed E-state index contributed by atoms with van der Waals surface area (Å²) in [6.45, 7) is 3.59. The fourth-order valence-electron chi connectivity index (χ4n) is 4.08. The standard InChI is InChI=1S/C25H25FN4O3S/c1-16-14-29(12-13-30(16)24(31)18-2-3-18)25(32)22-10-8-20(33-22)15-34-23-11-9-21(27-28-23)17-4-6-19(26)7-5-17/h4-11,16,18H,2-3,12-15H2,1H3. The predicted molar refractivity (Wildman–Crippen MR) is 125 cm³/mol. The van der Waals surface area contributed by atoms with Gasteiger partial charge in [0.15, 0.2) is 5.76 Å². The number of aromatic nitrogens is 2. The van der Waals surface area contributed by atoms with Crippen molar-refractivity contribution in [1.82, 2.24) is 20.0 Å². The lowest BCUT2D eigenvalue weighted by molar-refractivity contribution is -0.136. The summed E-state index contributed by atoms with van der Waals surface area (Å²) >= 11 is 1.46. The van der Waals surface area contributed by atoms with Gasteiger partial charge in [-0.25, -0.2) is 4.39 Å². The van der Waals surface area contributed by atoms with Crippen molar-refractivity contribution in [3.05, 3.63) is 65.9 Å². The summed E-state index contributed by atoms with van der Waals surface area (Å²) in [5, 5.41) is 9.16. The van der Waals surface area contributed by atoms with Crippen molar-refractivity contribution in [2.45, 2.75) is 36.6 Å². The Kier molecular flexibility index (Phi) is 6.36. The predicted octanol–water partition coefficient (Wildman–Crippen LogP) is 4.25. The first kappa shape index (κ1) is 22.6. The molecule has 1 atom stereocenters. The van der Waals surface area contributed by atoms with Gasteiger partial charge in [0.05, 0.1) is 11.4 Å². The van der Waals surface area contributed by atoms with Crippen LogP contribution in [0.2, 0.25) is 0 Å². The first-order chi connectivity index (χ1) is 16.5. The van der Waals surface area contributed by atoms with E-state index in [-0.39, 0.29) is 29.6 Å². The second-order valence-electron chi connectivity index (χ2n) is 8.72. The number of carbonyl (C=O) groups is 2. The zero-order chi connectivity index (χ0) is 23.7. The van der Waals surface area contributed by atoms with Crippen LogP contribution in [-0.4, -0.2) is 57.5 Å². The van der Waals surface area contributed by atoms with E-state index >= 15 is 0 Å². The molecule has 9 heteroatoms. The van der Waals surface area contributed by atoms with Crippen molar-refractivity contribution in [1.29, 1.82) is 0 Å². The number of nitrogens with zero attached hydrogens (tertiary/aromatic N) is 4. The molecule has 2 amide bonds. The molecule has 1 saturated carbocycles. The lowest BCUT2D eigenvalue weighted by Crippen LogP contribution is -2.55. The van der Waals surface area contributed by atoms with Crippen molar-refractivity contribution < 1.29 is 18.4 Å². The fourth-order valence-corrected chi connectivity index (χ4v) is 4.79. The molecule has 3 aromatic rings. The Morgan fingerprint density at radius 2 is 1.85 bits per heavy atom. The topological polar surface area (TPSA) is 79.5 Å². The molecular formula is C25H25FN4O3S.